The van der Waals surface area contributed by atoms with Crippen LogP contribution in [0.3, 0.4) is 0 Å². The molecule has 1 aliphatic heterocycles. The predicted octanol–water partition coefficient (Wildman–Crippen LogP) is -0.342. The fourth-order valence-electron chi connectivity index (χ4n) is 1.99. The van der Waals surface area contributed by atoms with Gasteiger partial charge in [0.1, 0.15) is 6.10 Å². The highest BCUT2D eigenvalue weighted by Gasteiger charge is 2.25. The lowest BCUT2D eigenvalue weighted by atomic mass is 10.2. The van der Waals surface area contributed by atoms with Crippen LogP contribution in [-0.2, 0) is 19.0 Å². The lowest BCUT2D eigenvalue weighted by Crippen LogP contribution is -2.50. The topological polar surface area (TPSA) is 80.3 Å². The smallest absolute Gasteiger partial charge is 0.252 e. The van der Waals surface area contributed by atoms with Crippen LogP contribution in [0.25, 0.3) is 0 Å². The third-order valence-electron chi connectivity index (χ3n) is 3.05. The van der Waals surface area contributed by atoms with Crippen LogP contribution in [0.2, 0.25) is 0 Å². The van der Waals surface area contributed by atoms with Crippen LogP contribution >= 0.6 is 12.4 Å². The highest BCUT2D eigenvalue weighted by atomic mass is 35.5. The molecule has 2 N–H and O–H groups in total. The second-order valence-corrected chi connectivity index (χ2v) is 5.43. The highest BCUT2D eigenvalue weighted by molar-refractivity contribution is 5.85. The molecular formula is C14H29ClN2O5. The molecular weight excluding hydrogens is 312 g/mol. The minimum Gasteiger partial charge on any atom is -0.389 e. The number of nitrogens with one attached hydrogen (secondary N) is 1. The van der Waals surface area contributed by atoms with Crippen molar-refractivity contribution in [3.63, 3.8) is 0 Å². The Morgan fingerprint density at radius 2 is 2.18 bits per heavy atom. The van der Waals surface area contributed by atoms with Crippen LogP contribution in [-0.4, -0.2) is 87.3 Å². The van der Waals surface area contributed by atoms with E-state index in [4.69, 9.17) is 14.2 Å². The number of hydrogen-bond acceptors (Lipinski definition) is 6. The molecule has 1 rings (SSSR count). The molecule has 1 saturated heterocycles. The highest BCUT2D eigenvalue weighted by Crippen LogP contribution is 2.02. The maximum absolute atomic E-state index is 12.1. The molecule has 1 heterocycles. The van der Waals surface area contributed by atoms with Gasteiger partial charge in [-0.2, -0.15) is 0 Å². The third-order valence-corrected chi connectivity index (χ3v) is 3.05. The monoisotopic (exact) mass is 340 g/mol. The van der Waals surface area contributed by atoms with Crippen LogP contribution in [0, 0.1) is 0 Å². The van der Waals surface area contributed by atoms with Crippen molar-refractivity contribution in [2.75, 3.05) is 53.1 Å². The van der Waals surface area contributed by atoms with E-state index < -0.39 is 12.2 Å². The largest absolute Gasteiger partial charge is 0.389 e. The van der Waals surface area contributed by atoms with E-state index in [1.807, 2.05) is 13.8 Å². The van der Waals surface area contributed by atoms with Gasteiger partial charge in [-0.1, -0.05) is 0 Å². The zero-order chi connectivity index (χ0) is 15.7. The molecule has 0 aromatic rings. The molecule has 0 aromatic carbocycles. The minimum absolute atomic E-state index is 0. The molecule has 1 fully saturated rings. The lowest BCUT2D eigenvalue weighted by molar-refractivity contribution is -0.145. The molecule has 0 radical (unpaired) electrons. The van der Waals surface area contributed by atoms with Crippen LogP contribution < -0.4 is 5.32 Å². The molecule has 0 bridgehead atoms. The summed E-state index contributed by atoms with van der Waals surface area (Å²) in [6.07, 6.45) is -1.00. The zero-order valence-corrected chi connectivity index (χ0v) is 14.4. The van der Waals surface area contributed by atoms with Crippen LogP contribution in [0.5, 0.6) is 0 Å². The molecule has 0 aromatic heterocycles. The van der Waals surface area contributed by atoms with Gasteiger partial charge in [0.15, 0.2) is 0 Å². The Bertz CT molecular complexity index is 301. The van der Waals surface area contributed by atoms with Gasteiger partial charge in [-0.3, -0.25) is 4.79 Å². The maximum atomic E-state index is 12.1. The average molecular weight is 341 g/mol. The summed E-state index contributed by atoms with van der Waals surface area (Å²) in [7, 11) is 1.66. The molecule has 8 heteroatoms. The maximum Gasteiger partial charge on any atom is 0.252 e. The molecule has 7 nitrogen and oxygen atoms in total. The summed E-state index contributed by atoms with van der Waals surface area (Å²) >= 11 is 0. The summed E-state index contributed by atoms with van der Waals surface area (Å²) in [4.78, 5) is 13.6. The molecule has 22 heavy (non-hydrogen) atoms. The van der Waals surface area contributed by atoms with E-state index in [9.17, 15) is 9.90 Å². The van der Waals surface area contributed by atoms with Crippen molar-refractivity contribution < 1.29 is 24.1 Å². The number of morpholine rings is 1. The SMILES string of the molecule is CC(C)OCCOCC(O)CN(C)C(=O)C1CNCCO1.Cl. The van der Waals surface area contributed by atoms with Crippen LogP contribution in [0.15, 0.2) is 0 Å². The number of hydrogen-bond donors (Lipinski definition) is 2. The van der Waals surface area contributed by atoms with Gasteiger partial charge >= 0.3 is 0 Å². The summed E-state index contributed by atoms with van der Waals surface area (Å²) in [6.45, 7) is 7.07. The molecule has 1 amide bonds. The second kappa shape index (κ2) is 12.0. The number of aliphatic hydroxyl groups is 1. The molecule has 0 saturated carbocycles. The fourth-order valence-corrected chi connectivity index (χ4v) is 1.99. The molecule has 0 spiro atoms. The van der Waals surface area contributed by atoms with Gasteiger partial charge in [-0.25, -0.2) is 0 Å². The Morgan fingerprint density at radius 3 is 2.77 bits per heavy atom. The Morgan fingerprint density at radius 1 is 1.45 bits per heavy atom. The van der Waals surface area contributed by atoms with E-state index in [0.29, 0.717) is 26.4 Å². The number of carbonyl (C=O) groups is 1. The summed E-state index contributed by atoms with van der Waals surface area (Å²) in [5.74, 6) is -0.121. The summed E-state index contributed by atoms with van der Waals surface area (Å²) < 4.78 is 16.0. The van der Waals surface area contributed by atoms with Crippen molar-refractivity contribution in [1.29, 1.82) is 0 Å². The summed E-state index contributed by atoms with van der Waals surface area (Å²) in [5.41, 5.74) is 0. The van der Waals surface area contributed by atoms with E-state index in [1.54, 1.807) is 7.05 Å². The van der Waals surface area contributed by atoms with Gasteiger partial charge < -0.3 is 29.5 Å². The zero-order valence-electron chi connectivity index (χ0n) is 13.6. The van der Waals surface area contributed by atoms with Gasteiger partial charge in [-0.05, 0) is 13.8 Å². The number of ether oxygens (including phenoxy) is 3. The molecule has 2 atom stereocenters. The first kappa shape index (κ1) is 21.6. The van der Waals surface area contributed by atoms with Crippen molar-refractivity contribution in [2.24, 2.45) is 0 Å². The number of amides is 1. The summed E-state index contributed by atoms with van der Waals surface area (Å²) in [6, 6.07) is 0. The van der Waals surface area contributed by atoms with Crippen molar-refractivity contribution in [3.8, 4) is 0 Å². The van der Waals surface area contributed by atoms with Crippen molar-refractivity contribution in [1.82, 2.24) is 10.2 Å². The Hall–Kier alpha value is -0.440. The predicted molar refractivity (Wildman–Crippen MR) is 85.4 cm³/mol. The second-order valence-electron chi connectivity index (χ2n) is 5.43. The lowest BCUT2D eigenvalue weighted by Gasteiger charge is -2.28. The molecule has 2 unspecified atom stereocenters. The van der Waals surface area contributed by atoms with E-state index in [2.05, 4.69) is 5.32 Å². The van der Waals surface area contributed by atoms with E-state index in [1.165, 1.54) is 4.90 Å². The molecule has 0 aliphatic carbocycles. The fraction of sp³-hybridized carbons (Fsp3) is 0.929. The van der Waals surface area contributed by atoms with Gasteiger partial charge in [0.25, 0.3) is 5.91 Å². The Balaban J connectivity index is 0.00000441. The number of carbonyl (C=O) groups excluding carboxylic acids is 1. The first-order valence-electron chi connectivity index (χ1n) is 7.45. The van der Waals surface area contributed by atoms with E-state index in [0.717, 1.165) is 6.54 Å². The van der Waals surface area contributed by atoms with Gasteiger partial charge in [0.05, 0.1) is 38.6 Å². The van der Waals surface area contributed by atoms with E-state index >= 15 is 0 Å². The average Bonchev–Trinajstić information content (AvgIpc) is 2.46. The van der Waals surface area contributed by atoms with Crippen molar-refractivity contribution in [2.45, 2.75) is 32.2 Å². The normalized spacial score (nSPS) is 19.6. The molecule has 1 aliphatic rings. The van der Waals surface area contributed by atoms with Gasteiger partial charge in [0, 0.05) is 26.7 Å². The number of aliphatic hydroxyl groups excluding tert-OH is 1. The number of nitrogens with zero attached hydrogens (tertiary/aromatic N) is 1. The van der Waals surface area contributed by atoms with Crippen LogP contribution in [0.4, 0.5) is 0 Å². The standard InChI is InChI=1S/C14H28N2O5.ClH/c1-11(2)20-7-6-19-10-12(17)9-16(3)14(18)13-8-15-4-5-21-13;/h11-13,15,17H,4-10H2,1-3H3;1H. The van der Waals surface area contributed by atoms with Gasteiger partial charge in [0.2, 0.25) is 0 Å². The van der Waals surface area contributed by atoms with Crippen molar-refractivity contribution in [3.05, 3.63) is 0 Å². The summed E-state index contributed by atoms with van der Waals surface area (Å²) in [5, 5.41) is 13.0. The Labute approximate surface area is 138 Å². The van der Waals surface area contributed by atoms with E-state index in [-0.39, 0.29) is 37.6 Å². The molecule has 132 valence electrons. The quantitative estimate of drug-likeness (QED) is 0.559. The van der Waals surface area contributed by atoms with Crippen LogP contribution in [0.1, 0.15) is 13.8 Å². The van der Waals surface area contributed by atoms with Crippen molar-refractivity contribution >= 4 is 18.3 Å². The van der Waals surface area contributed by atoms with Gasteiger partial charge in [-0.15, -0.1) is 12.4 Å². The number of halogens is 1. The number of likely N-dealkylation sites (N-methyl/N-ethyl adjacent to an activating group) is 1. The first-order chi connectivity index (χ1) is 10.0. The number of rotatable bonds is 9. The minimum atomic E-state index is -0.713. The third kappa shape index (κ3) is 8.87. The first-order valence-corrected chi connectivity index (χ1v) is 7.45. The Kier molecular flexibility index (Phi) is 11.8.